The molecule has 86 valence electrons. The Bertz CT molecular complexity index is 273. The zero-order chi connectivity index (χ0) is 11.6. The molecule has 3 heteroatoms. The summed E-state index contributed by atoms with van der Waals surface area (Å²) < 4.78 is 0. The number of hydrogen-bond acceptors (Lipinski definition) is 2. The van der Waals surface area contributed by atoms with Gasteiger partial charge < -0.3 is 0 Å². The molecule has 1 N–H and O–H groups in total. The number of amides is 2. The number of imide groups is 1. The van der Waals surface area contributed by atoms with Crippen molar-refractivity contribution in [2.75, 3.05) is 0 Å². The van der Waals surface area contributed by atoms with Gasteiger partial charge >= 0.3 is 0 Å². The van der Waals surface area contributed by atoms with Gasteiger partial charge in [-0.25, -0.2) is 0 Å². The van der Waals surface area contributed by atoms with E-state index in [1.54, 1.807) is 0 Å². The van der Waals surface area contributed by atoms with Crippen molar-refractivity contribution in [3.8, 4) is 0 Å². The summed E-state index contributed by atoms with van der Waals surface area (Å²) in [5.41, 5.74) is -0.150. The average Bonchev–Trinajstić information content (AvgIpc) is 1.99. The molecule has 15 heavy (non-hydrogen) atoms. The molecule has 3 nitrogen and oxygen atoms in total. The van der Waals surface area contributed by atoms with Crippen LogP contribution in [0.2, 0.25) is 0 Å². The summed E-state index contributed by atoms with van der Waals surface area (Å²) in [6.45, 7) is 8.35. The van der Waals surface area contributed by atoms with E-state index < -0.39 is 0 Å². The average molecular weight is 211 g/mol. The monoisotopic (exact) mass is 211 g/mol. The van der Waals surface area contributed by atoms with E-state index in [9.17, 15) is 9.59 Å². The van der Waals surface area contributed by atoms with Crippen LogP contribution >= 0.6 is 0 Å². The van der Waals surface area contributed by atoms with Gasteiger partial charge in [0.1, 0.15) is 0 Å². The van der Waals surface area contributed by atoms with E-state index in [4.69, 9.17) is 0 Å². The molecule has 1 rings (SSSR count). The molecule has 0 spiro atoms. The van der Waals surface area contributed by atoms with Gasteiger partial charge in [-0.3, -0.25) is 14.9 Å². The molecule has 1 heterocycles. The molecule has 0 aromatic rings. The summed E-state index contributed by atoms with van der Waals surface area (Å²) >= 11 is 0. The minimum Gasteiger partial charge on any atom is -0.296 e. The number of carbonyl (C=O) groups is 2. The van der Waals surface area contributed by atoms with E-state index in [2.05, 4.69) is 26.1 Å². The Hall–Kier alpha value is -0.860. The molecular formula is C12H21NO2. The van der Waals surface area contributed by atoms with Crippen molar-refractivity contribution in [3.05, 3.63) is 0 Å². The van der Waals surface area contributed by atoms with Gasteiger partial charge in [-0.15, -0.1) is 0 Å². The van der Waals surface area contributed by atoms with Crippen molar-refractivity contribution in [1.29, 1.82) is 0 Å². The minimum atomic E-state index is -0.150. The van der Waals surface area contributed by atoms with E-state index in [1.165, 1.54) is 0 Å². The second kappa shape index (κ2) is 4.33. The zero-order valence-electron chi connectivity index (χ0n) is 10.1. The molecule has 1 saturated heterocycles. The van der Waals surface area contributed by atoms with E-state index >= 15 is 0 Å². The Morgan fingerprint density at radius 1 is 1.47 bits per heavy atom. The first-order valence-corrected chi connectivity index (χ1v) is 5.72. The molecule has 0 aromatic heterocycles. The van der Waals surface area contributed by atoms with Gasteiger partial charge in [-0.05, 0) is 24.2 Å². The van der Waals surface area contributed by atoms with E-state index in [0.717, 1.165) is 12.8 Å². The molecule has 0 saturated carbocycles. The molecule has 2 unspecified atom stereocenters. The van der Waals surface area contributed by atoms with Crippen molar-refractivity contribution in [2.45, 2.75) is 47.0 Å². The maximum Gasteiger partial charge on any atom is 0.230 e. The number of rotatable bonds is 3. The summed E-state index contributed by atoms with van der Waals surface area (Å²) in [5, 5.41) is 2.43. The fraction of sp³-hybridized carbons (Fsp3) is 0.833. The highest BCUT2D eigenvalue weighted by molar-refractivity contribution is 5.99. The maximum absolute atomic E-state index is 11.7. The van der Waals surface area contributed by atoms with E-state index in [-0.39, 0.29) is 23.1 Å². The third kappa shape index (κ3) is 2.58. The summed E-state index contributed by atoms with van der Waals surface area (Å²) in [4.78, 5) is 23.1. The third-order valence-electron chi connectivity index (χ3n) is 3.27. The highest BCUT2D eigenvalue weighted by Gasteiger charge is 2.44. The summed E-state index contributed by atoms with van der Waals surface area (Å²) in [7, 11) is 0. The minimum absolute atomic E-state index is 0.0161. The maximum atomic E-state index is 11.7. The van der Waals surface area contributed by atoms with Crippen LogP contribution in [0.4, 0.5) is 0 Å². The van der Waals surface area contributed by atoms with Crippen LogP contribution in [0, 0.1) is 17.3 Å². The first-order chi connectivity index (χ1) is 6.89. The van der Waals surface area contributed by atoms with E-state index in [0.29, 0.717) is 12.3 Å². The molecule has 1 aliphatic rings. The highest BCUT2D eigenvalue weighted by atomic mass is 16.2. The van der Waals surface area contributed by atoms with Gasteiger partial charge in [-0.2, -0.15) is 0 Å². The first-order valence-electron chi connectivity index (χ1n) is 5.72. The lowest BCUT2D eigenvalue weighted by atomic mass is 9.66. The van der Waals surface area contributed by atoms with Crippen LogP contribution < -0.4 is 5.32 Å². The fourth-order valence-corrected chi connectivity index (χ4v) is 2.90. The summed E-state index contributed by atoms with van der Waals surface area (Å²) in [5.74, 6) is 0.296. The molecule has 2 atom stereocenters. The van der Waals surface area contributed by atoms with Crippen LogP contribution in [0.5, 0.6) is 0 Å². The Balaban J connectivity index is 2.89. The van der Waals surface area contributed by atoms with Crippen LogP contribution in [-0.2, 0) is 9.59 Å². The van der Waals surface area contributed by atoms with Gasteiger partial charge in [0.25, 0.3) is 0 Å². The third-order valence-corrected chi connectivity index (χ3v) is 3.27. The molecule has 1 aliphatic heterocycles. The predicted octanol–water partition coefficient (Wildman–Crippen LogP) is 2.11. The van der Waals surface area contributed by atoms with E-state index in [1.807, 2.05) is 6.92 Å². The first kappa shape index (κ1) is 12.2. The van der Waals surface area contributed by atoms with Crippen LogP contribution in [0.15, 0.2) is 0 Å². The molecule has 2 amide bonds. The fourth-order valence-electron chi connectivity index (χ4n) is 2.90. The molecule has 0 aromatic carbocycles. The molecule has 1 fully saturated rings. The zero-order valence-corrected chi connectivity index (χ0v) is 10.1. The smallest absolute Gasteiger partial charge is 0.230 e. The van der Waals surface area contributed by atoms with Crippen LogP contribution in [0.1, 0.15) is 47.0 Å². The molecule has 0 bridgehead atoms. The number of piperidine rings is 1. The second-order valence-electron chi connectivity index (χ2n) is 5.30. The standard InChI is InChI=1S/C12H21NO2/c1-5-9-11(15)13-10(14)7-12(9,4)6-8(2)3/h8-9H,5-7H2,1-4H3,(H,13,14,15). The number of hydrogen-bond donors (Lipinski definition) is 1. The normalized spacial score (nSPS) is 31.9. The predicted molar refractivity (Wildman–Crippen MR) is 59.1 cm³/mol. The van der Waals surface area contributed by atoms with Crippen molar-refractivity contribution >= 4 is 11.8 Å². The van der Waals surface area contributed by atoms with Crippen molar-refractivity contribution in [2.24, 2.45) is 17.3 Å². The Morgan fingerprint density at radius 2 is 2.07 bits per heavy atom. The number of carbonyl (C=O) groups excluding carboxylic acids is 2. The van der Waals surface area contributed by atoms with Crippen LogP contribution in [0.25, 0.3) is 0 Å². The molecule has 0 aliphatic carbocycles. The topological polar surface area (TPSA) is 46.2 Å². The van der Waals surface area contributed by atoms with Crippen LogP contribution in [-0.4, -0.2) is 11.8 Å². The Labute approximate surface area is 91.6 Å². The number of nitrogens with one attached hydrogen (secondary N) is 1. The van der Waals surface area contributed by atoms with Gasteiger partial charge in [-0.1, -0.05) is 27.7 Å². The Morgan fingerprint density at radius 3 is 2.53 bits per heavy atom. The lowest BCUT2D eigenvalue weighted by Gasteiger charge is -2.40. The SMILES string of the molecule is CCC1C(=O)NC(=O)CC1(C)CC(C)C. The second-order valence-corrected chi connectivity index (χ2v) is 5.30. The molecule has 0 radical (unpaired) electrons. The van der Waals surface area contributed by atoms with Gasteiger partial charge in [0.2, 0.25) is 11.8 Å². The summed E-state index contributed by atoms with van der Waals surface area (Å²) in [6, 6.07) is 0. The quantitative estimate of drug-likeness (QED) is 0.727. The lowest BCUT2D eigenvalue weighted by Crippen LogP contribution is -2.51. The van der Waals surface area contributed by atoms with Gasteiger partial charge in [0.05, 0.1) is 0 Å². The van der Waals surface area contributed by atoms with Crippen molar-refractivity contribution < 1.29 is 9.59 Å². The van der Waals surface area contributed by atoms with Crippen molar-refractivity contribution in [1.82, 2.24) is 5.32 Å². The van der Waals surface area contributed by atoms with Crippen molar-refractivity contribution in [3.63, 3.8) is 0 Å². The Kier molecular flexibility index (Phi) is 3.53. The highest BCUT2D eigenvalue weighted by Crippen LogP contribution is 2.41. The lowest BCUT2D eigenvalue weighted by molar-refractivity contribution is -0.143. The van der Waals surface area contributed by atoms with Crippen LogP contribution in [0.3, 0.4) is 0 Å². The van der Waals surface area contributed by atoms with Gasteiger partial charge in [0.15, 0.2) is 0 Å². The summed E-state index contributed by atoms with van der Waals surface area (Å²) in [6.07, 6.45) is 2.22. The molecular weight excluding hydrogens is 190 g/mol. The largest absolute Gasteiger partial charge is 0.296 e. The van der Waals surface area contributed by atoms with Gasteiger partial charge in [0, 0.05) is 12.3 Å².